The summed E-state index contributed by atoms with van der Waals surface area (Å²) in [6, 6.07) is 1.56. The smallest absolute Gasteiger partial charge is 0.250 e. The van der Waals surface area contributed by atoms with E-state index in [1.54, 1.807) is 17.4 Å². The van der Waals surface area contributed by atoms with Gasteiger partial charge in [-0.3, -0.25) is 4.79 Å². The van der Waals surface area contributed by atoms with Crippen molar-refractivity contribution in [3.63, 3.8) is 0 Å². The number of nitrogens with zero attached hydrogens (tertiary/aromatic N) is 2. The van der Waals surface area contributed by atoms with Crippen LogP contribution in [0.4, 0.5) is 11.5 Å². The first-order valence-electron chi connectivity index (χ1n) is 5.76. The van der Waals surface area contributed by atoms with E-state index in [9.17, 15) is 4.79 Å². The molecular weight excluding hydrogens is 262 g/mol. The van der Waals surface area contributed by atoms with E-state index < -0.39 is 5.91 Å². The third kappa shape index (κ3) is 3.41. The van der Waals surface area contributed by atoms with Crippen molar-refractivity contribution in [3.05, 3.63) is 33.9 Å². The second-order valence-corrected chi connectivity index (χ2v) is 5.12. The third-order valence-corrected chi connectivity index (χ3v) is 3.38. The van der Waals surface area contributed by atoms with E-state index in [0.29, 0.717) is 12.4 Å². The van der Waals surface area contributed by atoms with Crippen LogP contribution in [0.5, 0.6) is 0 Å². The lowest BCUT2D eigenvalue weighted by molar-refractivity contribution is 0.100. The van der Waals surface area contributed by atoms with E-state index in [2.05, 4.69) is 15.3 Å². The van der Waals surface area contributed by atoms with Crippen molar-refractivity contribution in [2.24, 2.45) is 5.73 Å². The van der Waals surface area contributed by atoms with Crippen molar-refractivity contribution in [2.45, 2.75) is 13.3 Å². The van der Waals surface area contributed by atoms with Gasteiger partial charge in [0.25, 0.3) is 5.91 Å². The van der Waals surface area contributed by atoms with Gasteiger partial charge in [0.15, 0.2) is 0 Å². The van der Waals surface area contributed by atoms with E-state index in [1.165, 1.54) is 6.20 Å². The summed E-state index contributed by atoms with van der Waals surface area (Å²) >= 11 is 1.63. The van der Waals surface area contributed by atoms with E-state index in [-0.39, 0.29) is 11.3 Å². The molecule has 2 rings (SSSR count). The molecule has 0 saturated carbocycles. The second kappa shape index (κ2) is 5.66. The highest BCUT2D eigenvalue weighted by atomic mass is 32.1. The molecule has 1 amide bonds. The van der Waals surface area contributed by atoms with Crippen molar-refractivity contribution in [2.75, 3.05) is 17.6 Å². The van der Waals surface area contributed by atoms with Gasteiger partial charge < -0.3 is 16.8 Å². The number of rotatable bonds is 5. The van der Waals surface area contributed by atoms with Crippen molar-refractivity contribution >= 4 is 28.7 Å². The third-order valence-electron chi connectivity index (χ3n) is 2.55. The molecule has 0 spiro atoms. The molecule has 2 aromatic heterocycles. The molecule has 19 heavy (non-hydrogen) atoms. The number of carbonyl (C=O) groups excluding carboxylic acids is 1. The molecular formula is C12H15N5OS. The van der Waals surface area contributed by atoms with Gasteiger partial charge in [0.05, 0.1) is 28.1 Å². The van der Waals surface area contributed by atoms with Gasteiger partial charge in [0, 0.05) is 18.3 Å². The molecule has 0 aliphatic rings. The van der Waals surface area contributed by atoms with Crippen molar-refractivity contribution in [1.82, 2.24) is 9.97 Å². The molecule has 0 fully saturated rings. The fraction of sp³-hybridized carbons (Fsp3) is 0.250. The van der Waals surface area contributed by atoms with E-state index in [4.69, 9.17) is 11.5 Å². The van der Waals surface area contributed by atoms with Gasteiger partial charge in [0.1, 0.15) is 5.82 Å². The summed E-state index contributed by atoms with van der Waals surface area (Å²) in [7, 11) is 0. The number of nitrogens with one attached hydrogen (secondary N) is 1. The van der Waals surface area contributed by atoms with Gasteiger partial charge >= 0.3 is 0 Å². The molecule has 0 aliphatic carbocycles. The van der Waals surface area contributed by atoms with Crippen molar-refractivity contribution in [1.29, 1.82) is 0 Å². The molecule has 0 radical (unpaired) electrons. The lowest BCUT2D eigenvalue weighted by Crippen LogP contribution is -2.15. The number of nitrogen functional groups attached to an aromatic ring is 1. The highest BCUT2D eigenvalue weighted by molar-refractivity contribution is 7.09. The van der Waals surface area contributed by atoms with Crippen molar-refractivity contribution in [3.8, 4) is 0 Å². The minimum absolute atomic E-state index is 0.280. The molecule has 2 heterocycles. The largest absolute Gasteiger partial charge is 0.397 e. The predicted octanol–water partition coefficient (Wildman–Crippen LogP) is 1.18. The Morgan fingerprint density at radius 2 is 2.32 bits per heavy atom. The highest BCUT2D eigenvalue weighted by Crippen LogP contribution is 2.14. The fourth-order valence-corrected chi connectivity index (χ4v) is 2.26. The Balaban J connectivity index is 1.96. The molecule has 2 aromatic rings. The zero-order chi connectivity index (χ0) is 13.8. The topological polar surface area (TPSA) is 107 Å². The fourth-order valence-electron chi connectivity index (χ4n) is 1.62. The first kappa shape index (κ1) is 13.3. The zero-order valence-corrected chi connectivity index (χ0v) is 11.3. The van der Waals surface area contributed by atoms with Gasteiger partial charge in [-0.1, -0.05) is 0 Å². The summed E-state index contributed by atoms with van der Waals surface area (Å²) in [4.78, 5) is 19.6. The number of thiazole rings is 1. The molecule has 0 aromatic carbocycles. The average molecular weight is 277 g/mol. The van der Waals surface area contributed by atoms with E-state index in [1.807, 2.05) is 12.3 Å². The van der Waals surface area contributed by atoms with Crippen LogP contribution in [0.15, 0.2) is 17.6 Å². The van der Waals surface area contributed by atoms with Gasteiger partial charge in [-0.15, -0.1) is 11.3 Å². The monoisotopic (exact) mass is 277 g/mol. The van der Waals surface area contributed by atoms with Crippen LogP contribution in [-0.4, -0.2) is 22.4 Å². The lowest BCUT2D eigenvalue weighted by atomic mass is 10.2. The summed E-state index contributed by atoms with van der Waals surface area (Å²) in [5, 5.41) is 6.20. The zero-order valence-electron chi connectivity index (χ0n) is 10.5. The standard InChI is InChI=1S/C12H15N5OS/c1-7-17-8(6-19-7)2-3-15-11-4-9(12(14)18)10(13)5-16-11/h4-6H,2-3,13H2,1H3,(H2,14,18)(H,15,16). The highest BCUT2D eigenvalue weighted by Gasteiger charge is 2.07. The van der Waals surface area contributed by atoms with Gasteiger partial charge in [-0.2, -0.15) is 0 Å². The second-order valence-electron chi connectivity index (χ2n) is 4.06. The Hall–Kier alpha value is -2.15. The summed E-state index contributed by atoms with van der Waals surface area (Å²) in [5.74, 6) is 0.0213. The molecule has 100 valence electrons. The number of pyridine rings is 1. The number of hydrogen-bond acceptors (Lipinski definition) is 6. The molecule has 0 atom stereocenters. The predicted molar refractivity (Wildman–Crippen MR) is 76.2 cm³/mol. The van der Waals surface area contributed by atoms with Gasteiger partial charge in [-0.25, -0.2) is 9.97 Å². The number of carbonyl (C=O) groups is 1. The van der Waals surface area contributed by atoms with Crippen LogP contribution in [0.2, 0.25) is 0 Å². The van der Waals surface area contributed by atoms with Crippen LogP contribution in [-0.2, 0) is 6.42 Å². The normalized spacial score (nSPS) is 10.4. The van der Waals surface area contributed by atoms with Crippen LogP contribution < -0.4 is 16.8 Å². The molecule has 0 aliphatic heterocycles. The molecule has 0 unspecified atom stereocenters. The maximum atomic E-state index is 11.2. The summed E-state index contributed by atoms with van der Waals surface area (Å²) in [6.45, 7) is 2.65. The quantitative estimate of drug-likeness (QED) is 0.760. The van der Waals surface area contributed by atoms with Crippen LogP contribution in [0, 0.1) is 6.92 Å². The number of nitrogens with two attached hydrogens (primary N) is 2. The van der Waals surface area contributed by atoms with Crippen LogP contribution in [0.1, 0.15) is 21.1 Å². The molecule has 7 heteroatoms. The minimum atomic E-state index is -0.557. The Bertz CT molecular complexity index is 596. The maximum absolute atomic E-state index is 11.2. The number of hydrogen-bond donors (Lipinski definition) is 3. The van der Waals surface area contributed by atoms with Crippen LogP contribution in [0.25, 0.3) is 0 Å². The molecule has 0 saturated heterocycles. The number of aryl methyl sites for hydroxylation is 1. The van der Waals surface area contributed by atoms with E-state index in [0.717, 1.165) is 17.1 Å². The number of aromatic nitrogens is 2. The number of amides is 1. The van der Waals surface area contributed by atoms with Gasteiger partial charge in [0.2, 0.25) is 0 Å². The minimum Gasteiger partial charge on any atom is -0.397 e. The van der Waals surface area contributed by atoms with Gasteiger partial charge in [-0.05, 0) is 13.0 Å². The summed E-state index contributed by atoms with van der Waals surface area (Å²) in [5.41, 5.74) is 12.4. The lowest BCUT2D eigenvalue weighted by Gasteiger charge is -2.07. The molecule has 0 bridgehead atoms. The van der Waals surface area contributed by atoms with Crippen LogP contribution >= 0.6 is 11.3 Å². The first-order valence-corrected chi connectivity index (χ1v) is 6.64. The Morgan fingerprint density at radius 1 is 1.53 bits per heavy atom. The average Bonchev–Trinajstić information content (AvgIpc) is 2.77. The Kier molecular flexibility index (Phi) is 3.96. The Labute approximate surface area is 114 Å². The summed E-state index contributed by atoms with van der Waals surface area (Å²) < 4.78 is 0. The molecule has 5 N–H and O–H groups in total. The van der Waals surface area contributed by atoms with E-state index >= 15 is 0 Å². The first-order chi connectivity index (χ1) is 9.06. The Morgan fingerprint density at radius 3 is 2.95 bits per heavy atom. The molecule has 6 nitrogen and oxygen atoms in total. The van der Waals surface area contributed by atoms with Crippen LogP contribution in [0.3, 0.4) is 0 Å². The van der Waals surface area contributed by atoms with Crippen molar-refractivity contribution < 1.29 is 4.79 Å². The SMILES string of the molecule is Cc1nc(CCNc2cc(C(N)=O)c(N)cn2)cs1. The maximum Gasteiger partial charge on any atom is 0.250 e. The number of primary amides is 1. The number of anilines is 2. The summed E-state index contributed by atoms with van der Waals surface area (Å²) in [6.07, 6.45) is 2.22.